The van der Waals surface area contributed by atoms with Gasteiger partial charge in [0.05, 0.1) is 32.3 Å². The fraction of sp³-hybridized carbons (Fsp3) is 0.533. The minimum Gasteiger partial charge on any atom is -0.322 e. The summed E-state index contributed by atoms with van der Waals surface area (Å²) < 4.78 is 0. The quantitative estimate of drug-likeness (QED) is 0.694. The van der Waals surface area contributed by atoms with Crippen molar-refractivity contribution < 1.29 is 4.79 Å². The summed E-state index contributed by atoms with van der Waals surface area (Å²) >= 11 is 24.2. The van der Waals surface area contributed by atoms with Crippen LogP contribution >= 0.6 is 46.4 Å². The van der Waals surface area contributed by atoms with E-state index in [1.807, 2.05) is 0 Å². The molecular formula is C15H16Cl4N2O. The molecule has 22 heavy (non-hydrogen) atoms. The second-order valence-electron chi connectivity index (χ2n) is 6.00. The third kappa shape index (κ3) is 4.01. The van der Waals surface area contributed by atoms with E-state index >= 15 is 0 Å². The Labute approximate surface area is 149 Å². The van der Waals surface area contributed by atoms with Crippen molar-refractivity contribution in [2.45, 2.75) is 31.7 Å². The lowest BCUT2D eigenvalue weighted by Crippen LogP contribution is -2.36. The zero-order chi connectivity index (χ0) is 15.9. The second-order valence-corrected chi connectivity index (χ2v) is 7.57. The van der Waals surface area contributed by atoms with E-state index in [1.54, 1.807) is 0 Å². The predicted molar refractivity (Wildman–Crippen MR) is 92.4 cm³/mol. The van der Waals surface area contributed by atoms with E-state index in [1.165, 1.54) is 31.7 Å². The molecule has 0 heterocycles. The molecule has 0 unspecified atom stereocenters. The highest BCUT2D eigenvalue weighted by molar-refractivity contribution is 6.50. The van der Waals surface area contributed by atoms with Crippen LogP contribution in [0.25, 0.3) is 0 Å². The lowest BCUT2D eigenvalue weighted by Gasteiger charge is -2.21. The number of amides is 1. The molecule has 2 aliphatic carbocycles. The van der Waals surface area contributed by atoms with E-state index in [-0.39, 0.29) is 31.7 Å². The number of rotatable bonds is 6. The second kappa shape index (κ2) is 6.74. The Morgan fingerprint density at radius 2 is 1.68 bits per heavy atom. The largest absolute Gasteiger partial charge is 0.322 e. The Morgan fingerprint density at radius 3 is 2.18 bits per heavy atom. The zero-order valence-electron chi connectivity index (χ0n) is 11.8. The van der Waals surface area contributed by atoms with Crippen molar-refractivity contribution in [3.63, 3.8) is 0 Å². The average Bonchev–Trinajstić information content (AvgIpc) is 3.33. The summed E-state index contributed by atoms with van der Waals surface area (Å²) in [5.41, 5.74) is 0.285. The molecule has 120 valence electrons. The number of benzene rings is 1. The number of nitrogens with one attached hydrogen (secondary N) is 1. The standard InChI is InChI=1S/C15H16Cl4N2O/c16-10-5-11(17)14(19)15(13(10)18)20-12(22)7-21(9-3-4-9)6-8-1-2-8/h5,8-9H,1-4,6-7H2,(H,20,22). The maximum Gasteiger partial charge on any atom is 0.238 e. The van der Waals surface area contributed by atoms with Gasteiger partial charge in [-0.1, -0.05) is 46.4 Å². The fourth-order valence-electron chi connectivity index (χ4n) is 2.46. The van der Waals surface area contributed by atoms with Crippen LogP contribution in [0.2, 0.25) is 20.1 Å². The molecule has 3 nitrogen and oxygen atoms in total. The third-order valence-corrected chi connectivity index (χ3v) is 5.55. The van der Waals surface area contributed by atoms with Crippen LogP contribution in [0.3, 0.4) is 0 Å². The Kier molecular flexibility index (Phi) is 5.10. The topological polar surface area (TPSA) is 32.3 Å². The number of nitrogens with zero attached hydrogens (tertiary/aromatic N) is 1. The van der Waals surface area contributed by atoms with Gasteiger partial charge in [-0.2, -0.15) is 0 Å². The Hall–Kier alpha value is -0.190. The summed E-state index contributed by atoms with van der Waals surface area (Å²) in [6, 6.07) is 2.01. The molecule has 2 saturated carbocycles. The van der Waals surface area contributed by atoms with Gasteiger partial charge in [0.1, 0.15) is 0 Å². The first-order valence-electron chi connectivity index (χ1n) is 7.32. The highest BCUT2D eigenvalue weighted by atomic mass is 35.5. The van der Waals surface area contributed by atoms with Crippen LogP contribution < -0.4 is 5.32 Å². The van der Waals surface area contributed by atoms with Gasteiger partial charge in [0.15, 0.2) is 0 Å². The third-order valence-electron chi connectivity index (χ3n) is 3.98. The summed E-state index contributed by atoms with van der Waals surface area (Å²) in [6.45, 7) is 1.34. The molecule has 2 aliphatic rings. The number of carbonyl (C=O) groups excluding carboxylic acids is 1. The number of anilines is 1. The molecule has 0 aromatic heterocycles. The number of hydrogen-bond donors (Lipinski definition) is 1. The summed E-state index contributed by atoms with van der Waals surface area (Å²) in [5, 5.41) is 3.71. The minimum atomic E-state index is -0.144. The molecule has 0 saturated heterocycles. The van der Waals surface area contributed by atoms with Crippen LogP contribution in [0.5, 0.6) is 0 Å². The van der Waals surface area contributed by atoms with Gasteiger partial charge in [-0.25, -0.2) is 0 Å². The van der Waals surface area contributed by atoms with Gasteiger partial charge in [-0.3, -0.25) is 9.69 Å². The van der Waals surface area contributed by atoms with E-state index in [0.717, 1.165) is 12.5 Å². The molecule has 0 aliphatic heterocycles. The first-order valence-corrected chi connectivity index (χ1v) is 8.83. The van der Waals surface area contributed by atoms with Gasteiger partial charge < -0.3 is 5.32 Å². The molecule has 3 rings (SSSR count). The lowest BCUT2D eigenvalue weighted by atomic mass is 10.3. The van der Waals surface area contributed by atoms with Gasteiger partial charge in [-0.05, 0) is 37.7 Å². The Morgan fingerprint density at radius 1 is 1.09 bits per heavy atom. The molecule has 1 N–H and O–H groups in total. The number of hydrogen-bond acceptors (Lipinski definition) is 2. The molecule has 1 amide bonds. The first kappa shape index (κ1) is 16.7. The van der Waals surface area contributed by atoms with Crippen LogP contribution in [0, 0.1) is 5.92 Å². The maximum absolute atomic E-state index is 12.3. The lowest BCUT2D eigenvalue weighted by molar-refractivity contribution is -0.117. The van der Waals surface area contributed by atoms with Crippen LogP contribution in [0.15, 0.2) is 6.07 Å². The van der Waals surface area contributed by atoms with E-state index in [0.29, 0.717) is 12.6 Å². The van der Waals surface area contributed by atoms with E-state index in [9.17, 15) is 4.79 Å². The molecule has 1 aromatic rings. The summed E-state index contributed by atoms with van der Waals surface area (Å²) in [4.78, 5) is 14.6. The van der Waals surface area contributed by atoms with Gasteiger partial charge in [0.25, 0.3) is 0 Å². The monoisotopic (exact) mass is 380 g/mol. The highest BCUT2D eigenvalue weighted by Gasteiger charge is 2.34. The molecule has 0 bridgehead atoms. The maximum atomic E-state index is 12.3. The normalized spacial score (nSPS) is 17.9. The van der Waals surface area contributed by atoms with Crippen molar-refractivity contribution in [1.82, 2.24) is 4.90 Å². The number of carbonyl (C=O) groups is 1. The molecule has 1 aromatic carbocycles. The Bertz CT molecular complexity index is 573. The minimum absolute atomic E-state index is 0.144. The summed E-state index contributed by atoms with van der Waals surface area (Å²) in [7, 11) is 0. The van der Waals surface area contributed by atoms with Gasteiger partial charge in [0.2, 0.25) is 5.91 Å². The van der Waals surface area contributed by atoms with E-state index in [2.05, 4.69) is 10.2 Å². The van der Waals surface area contributed by atoms with Crippen molar-refractivity contribution in [1.29, 1.82) is 0 Å². The zero-order valence-corrected chi connectivity index (χ0v) is 14.9. The fourth-order valence-corrected chi connectivity index (χ4v) is 3.36. The first-order chi connectivity index (χ1) is 10.5. The molecule has 2 fully saturated rings. The van der Waals surface area contributed by atoms with Gasteiger partial charge in [0, 0.05) is 12.6 Å². The van der Waals surface area contributed by atoms with Crippen molar-refractivity contribution in [2.75, 3.05) is 18.4 Å². The van der Waals surface area contributed by atoms with Crippen LogP contribution in [0.1, 0.15) is 25.7 Å². The van der Waals surface area contributed by atoms with Crippen LogP contribution in [-0.2, 0) is 4.79 Å². The smallest absolute Gasteiger partial charge is 0.238 e. The molecule has 7 heteroatoms. The van der Waals surface area contributed by atoms with E-state index < -0.39 is 0 Å². The molecular weight excluding hydrogens is 366 g/mol. The highest BCUT2D eigenvalue weighted by Crippen LogP contribution is 2.41. The van der Waals surface area contributed by atoms with Crippen molar-refractivity contribution >= 4 is 58.0 Å². The van der Waals surface area contributed by atoms with Gasteiger partial charge in [-0.15, -0.1) is 0 Å². The molecule has 0 atom stereocenters. The average molecular weight is 382 g/mol. The van der Waals surface area contributed by atoms with Crippen LogP contribution in [-0.4, -0.2) is 29.9 Å². The van der Waals surface area contributed by atoms with Crippen molar-refractivity contribution in [3.8, 4) is 0 Å². The summed E-state index contributed by atoms with van der Waals surface area (Å²) in [6.07, 6.45) is 4.88. The predicted octanol–water partition coefficient (Wildman–Crippen LogP) is 5.11. The SMILES string of the molecule is O=C(CN(CC1CC1)C1CC1)Nc1c(Cl)c(Cl)cc(Cl)c1Cl. The van der Waals surface area contributed by atoms with Crippen LogP contribution in [0.4, 0.5) is 5.69 Å². The van der Waals surface area contributed by atoms with Crippen molar-refractivity contribution in [2.24, 2.45) is 5.92 Å². The summed E-state index contributed by atoms with van der Waals surface area (Å²) in [5.74, 6) is 0.607. The Balaban J connectivity index is 1.68. The number of halogens is 4. The molecule has 0 radical (unpaired) electrons. The van der Waals surface area contributed by atoms with Crippen molar-refractivity contribution in [3.05, 3.63) is 26.2 Å². The van der Waals surface area contributed by atoms with E-state index in [4.69, 9.17) is 46.4 Å². The van der Waals surface area contributed by atoms with Gasteiger partial charge >= 0.3 is 0 Å². The molecule has 0 spiro atoms.